The summed E-state index contributed by atoms with van der Waals surface area (Å²) in [7, 11) is 0. The van der Waals surface area contributed by atoms with Crippen molar-refractivity contribution >= 4 is 18.0 Å². The summed E-state index contributed by atoms with van der Waals surface area (Å²) in [6.45, 7) is 7.53. The van der Waals surface area contributed by atoms with Crippen LogP contribution in [-0.2, 0) is 25.5 Å². The summed E-state index contributed by atoms with van der Waals surface area (Å²) in [5, 5.41) is 12.7. The predicted octanol–water partition coefficient (Wildman–Crippen LogP) is 1.75. The Hall–Kier alpha value is -2.61. The van der Waals surface area contributed by atoms with Crippen molar-refractivity contribution < 1.29 is 29.0 Å². The number of hydrogen-bond donors (Lipinski definition) is 2. The van der Waals surface area contributed by atoms with Crippen molar-refractivity contribution in [2.75, 3.05) is 26.3 Å². The van der Waals surface area contributed by atoms with Gasteiger partial charge in [0.05, 0.1) is 19.8 Å². The summed E-state index contributed by atoms with van der Waals surface area (Å²) in [4.78, 5) is 38.3. The molecule has 29 heavy (non-hydrogen) atoms. The molecule has 0 heterocycles. The highest BCUT2D eigenvalue weighted by Crippen LogP contribution is 2.08. The molecule has 0 spiro atoms. The molecule has 0 saturated carbocycles. The molecule has 0 fully saturated rings. The first-order valence-electron chi connectivity index (χ1n) is 9.89. The van der Waals surface area contributed by atoms with E-state index in [1.165, 1.54) is 4.90 Å². The Labute approximate surface area is 172 Å². The fourth-order valence-electron chi connectivity index (χ4n) is 2.73. The maximum atomic E-state index is 12.8. The van der Waals surface area contributed by atoms with Gasteiger partial charge in [-0.15, -0.1) is 0 Å². The standard InChI is InChI=1S/C21H32N2O6/c1-5-28-19(25)17(12-16-10-8-7-9-11-16)22-21(27)23(13-15(3)4)14-18(24)20(26)29-6-2/h7-11,15,17-18,24H,5-6,12-14H2,1-4H3,(H,22,27)/t17-,18?/m0/s1. The number of urea groups is 1. The van der Waals surface area contributed by atoms with Crippen LogP contribution >= 0.6 is 0 Å². The summed E-state index contributed by atoms with van der Waals surface area (Å²) in [5.74, 6) is -1.24. The Balaban J connectivity index is 2.91. The number of hydrogen-bond acceptors (Lipinski definition) is 6. The first kappa shape index (κ1) is 24.4. The number of nitrogens with one attached hydrogen (secondary N) is 1. The topological polar surface area (TPSA) is 105 Å². The molecule has 0 aromatic heterocycles. The molecule has 8 heteroatoms. The fraction of sp³-hybridized carbons (Fsp3) is 0.571. The SMILES string of the molecule is CCOC(=O)C(O)CN(CC(C)C)C(=O)N[C@@H](Cc1ccccc1)C(=O)OCC. The second-order valence-corrected chi connectivity index (χ2v) is 7.01. The van der Waals surface area contributed by atoms with Crippen LogP contribution in [0.5, 0.6) is 0 Å². The summed E-state index contributed by atoms with van der Waals surface area (Å²) in [6.07, 6.45) is -1.20. The van der Waals surface area contributed by atoms with Crippen molar-refractivity contribution in [3.8, 4) is 0 Å². The molecule has 1 unspecified atom stereocenters. The number of nitrogens with zero attached hydrogens (tertiary/aromatic N) is 1. The Kier molecular flexibility index (Phi) is 10.8. The van der Waals surface area contributed by atoms with Gasteiger partial charge < -0.3 is 24.8 Å². The maximum absolute atomic E-state index is 12.8. The Bertz CT molecular complexity index is 650. The third-order valence-corrected chi connectivity index (χ3v) is 3.98. The van der Waals surface area contributed by atoms with Crippen LogP contribution in [0, 0.1) is 5.92 Å². The number of benzene rings is 1. The Morgan fingerprint density at radius 1 is 1.00 bits per heavy atom. The minimum atomic E-state index is -1.46. The van der Waals surface area contributed by atoms with E-state index in [2.05, 4.69) is 5.32 Å². The van der Waals surface area contributed by atoms with E-state index in [4.69, 9.17) is 9.47 Å². The van der Waals surface area contributed by atoms with E-state index < -0.39 is 30.1 Å². The average molecular weight is 408 g/mol. The number of aliphatic hydroxyl groups excluding tert-OH is 1. The van der Waals surface area contributed by atoms with Crippen molar-refractivity contribution in [3.63, 3.8) is 0 Å². The van der Waals surface area contributed by atoms with E-state index >= 15 is 0 Å². The van der Waals surface area contributed by atoms with Crippen molar-refractivity contribution in [1.29, 1.82) is 0 Å². The lowest BCUT2D eigenvalue weighted by molar-refractivity contribution is -0.153. The molecular weight excluding hydrogens is 376 g/mol. The van der Waals surface area contributed by atoms with Gasteiger partial charge in [-0.05, 0) is 25.3 Å². The highest BCUT2D eigenvalue weighted by Gasteiger charge is 2.28. The number of carbonyl (C=O) groups is 3. The number of ether oxygens (including phenoxy) is 2. The number of aliphatic hydroxyl groups is 1. The molecule has 0 aliphatic carbocycles. The molecule has 1 aromatic carbocycles. The molecule has 1 aromatic rings. The first-order chi connectivity index (χ1) is 13.8. The van der Waals surface area contributed by atoms with Crippen LogP contribution < -0.4 is 5.32 Å². The summed E-state index contributed by atoms with van der Waals surface area (Å²) in [5.41, 5.74) is 0.868. The van der Waals surface area contributed by atoms with Crippen LogP contribution in [0.1, 0.15) is 33.3 Å². The predicted molar refractivity (Wildman–Crippen MR) is 108 cm³/mol. The van der Waals surface area contributed by atoms with Crippen molar-refractivity contribution in [3.05, 3.63) is 35.9 Å². The van der Waals surface area contributed by atoms with Crippen molar-refractivity contribution in [2.24, 2.45) is 5.92 Å². The highest BCUT2D eigenvalue weighted by molar-refractivity contribution is 5.84. The summed E-state index contributed by atoms with van der Waals surface area (Å²) >= 11 is 0. The molecule has 2 N–H and O–H groups in total. The van der Waals surface area contributed by atoms with Gasteiger partial charge in [0.15, 0.2) is 6.10 Å². The van der Waals surface area contributed by atoms with Gasteiger partial charge in [-0.1, -0.05) is 44.2 Å². The van der Waals surface area contributed by atoms with E-state index in [1.807, 2.05) is 44.2 Å². The Morgan fingerprint density at radius 2 is 1.59 bits per heavy atom. The lowest BCUT2D eigenvalue weighted by atomic mass is 10.1. The smallest absolute Gasteiger partial charge is 0.336 e. The normalized spacial score (nSPS) is 12.8. The number of esters is 2. The Morgan fingerprint density at radius 3 is 2.14 bits per heavy atom. The zero-order valence-electron chi connectivity index (χ0n) is 17.6. The number of amides is 2. The van der Waals surface area contributed by atoms with Crippen LogP contribution in [0.3, 0.4) is 0 Å². The lowest BCUT2D eigenvalue weighted by Crippen LogP contribution is -2.52. The molecule has 0 aliphatic rings. The second kappa shape index (κ2) is 12.8. The summed E-state index contributed by atoms with van der Waals surface area (Å²) in [6, 6.07) is 7.82. The maximum Gasteiger partial charge on any atom is 0.336 e. The zero-order valence-corrected chi connectivity index (χ0v) is 17.6. The van der Waals surface area contributed by atoms with Gasteiger partial charge in [-0.25, -0.2) is 14.4 Å². The van der Waals surface area contributed by atoms with Crippen LogP contribution in [0.2, 0.25) is 0 Å². The molecule has 0 radical (unpaired) electrons. The molecule has 0 aliphatic heterocycles. The van der Waals surface area contributed by atoms with Crippen LogP contribution in [-0.4, -0.2) is 66.4 Å². The quantitative estimate of drug-likeness (QED) is 0.541. The van der Waals surface area contributed by atoms with Crippen LogP contribution in [0.4, 0.5) is 4.79 Å². The van der Waals surface area contributed by atoms with Gasteiger partial charge in [-0.3, -0.25) is 0 Å². The number of rotatable bonds is 11. The van der Waals surface area contributed by atoms with Gasteiger partial charge in [0.2, 0.25) is 0 Å². The third kappa shape index (κ3) is 8.95. The van der Waals surface area contributed by atoms with Crippen LogP contribution in [0.15, 0.2) is 30.3 Å². The van der Waals surface area contributed by atoms with Gasteiger partial charge in [0, 0.05) is 13.0 Å². The molecule has 0 bridgehead atoms. The van der Waals surface area contributed by atoms with E-state index in [-0.39, 0.29) is 32.1 Å². The van der Waals surface area contributed by atoms with Gasteiger partial charge in [0.25, 0.3) is 0 Å². The number of carbonyl (C=O) groups excluding carboxylic acids is 3. The molecule has 2 amide bonds. The molecule has 0 saturated heterocycles. The van der Waals surface area contributed by atoms with Crippen molar-refractivity contribution in [2.45, 2.75) is 46.3 Å². The van der Waals surface area contributed by atoms with E-state index in [1.54, 1.807) is 13.8 Å². The second-order valence-electron chi connectivity index (χ2n) is 7.01. The van der Waals surface area contributed by atoms with Crippen molar-refractivity contribution in [1.82, 2.24) is 10.2 Å². The summed E-state index contributed by atoms with van der Waals surface area (Å²) < 4.78 is 9.89. The van der Waals surface area contributed by atoms with Crippen LogP contribution in [0.25, 0.3) is 0 Å². The molecule has 2 atom stereocenters. The third-order valence-electron chi connectivity index (χ3n) is 3.98. The van der Waals surface area contributed by atoms with E-state index in [0.717, 1.165) is 5.56 Å². The molecule has 1 rings (SSSR count). The molecular formula is C21H32N2O6. The largest absolute Gasteiger partial charge is 0.464 e. The molecule has 8 nitrogen and oxygen atoms in total. The van der Waals surface area contributed by atoms with E-state index in [9.17, 15) is 19.5 Å². The average Bonchev–Trinajstić information content (AvgIpc) is 2.67. The van der Waals surface area contributed by atoms with Gasteiger partial charge >= 0.3 is 18.0 Å². The van der Waals surface area contributed by atoms with E-state index in [0.29, 0.717) is 6.54 Å². The minimum Gasteiger partial charge on any atom is -0.464 e. The fourth-order valence-corrected chi connectivity index (χ4v) is 2.73. The molecule has 162 valence electrons. The minimum absolute atomic E-state index is 0.0883. The highest BCUT2D eigenvalue weighted by atomic mass is 16.5. The van der Waals surface area contributed by atoms with Gasteiger partial charge in [0.1, 0.15) is 6.04 Å². The first-order valence-corrected chi connectivity index (χ1v) is 9.89. The zero-order chi connectivity index (χ0) is 21.8. The lowest BCUT2D eigenvalue weighted by Gasteiger charge is -2.28. The van der Waals surface area contributed by atoms with Gasteiger partial charge in [-0.2, -0.15) is 0 Å². The monoisotopic (exact) mass is 408 g/mol.